The topological polar surface area (TPSA) is 55.8 Å². The van der Waals surface area contributed by atoms with Crippen molar-refractivity contribution in [1.29, 1.82) is 0 Å². The van der Waals surface area contributed by atoms with Crippen molar-refractivity contribution in [2.24, 2.45) is 5.92 Å². The summed E-state index contributed by atoms with van der Waals surface area (Å²) in [7, 11) is 0. The normalized spacial score (nSPS) is 22.2. The van der Waals surface area contributed by atoms with Gasteiger partial charge in [0.25, 0.3) is 5.92 Å². The fourth-order valence-corrected chi connectivity index (χ4v) is 1.74. The van der Waals surface area contributed by atoms with E-state index in [2.05, 4.69) is 4.74 Å². The number of halogens is 2. The summed E-state index contributed by atoms with van der Waals surface area (Å²) >= 11 is 0. The van der Waals surface area contributed by atoms with Crippen LogP contribution in [0.1, 0.15) is 27.7 Å². The number of carbonyl (C=O) groups is 2. The number of alkyl halides is 2. The molecule has 1 aliphatic heterocycles. The Morgan fingerprint density at radius 3 is 2.42 bits per heavy atom. The van der Waals surface area contributed by atoms with Crippen LogP contribution in [0.3, 0.4) is 0 Å². The molecule has 1 fully saturated rings. The second-order valence-corrected chi connectivity index (χ2v) is 5.43. The maximum Gasteiger partial charge on any atom is 0.410 e. The zero-order chi connectivity index (χ0) is 14.8. The van der Waals surface area contributed by atoms with Gasteiger partial charge in [0.2, 0.25) is 0 Å². The molecule has 0 aromatic rings. The van der Waals surface area contributed by atoms with E-state index in [9.17, 15) is 18.4 Å². The highest BCUT2D eigenvalue weighted by molar-refractivity contribution is 5.77. The molecule has 0 spiro atoms. The predicted molar refractivity (Wildman–Crippen MR) is 62.9 cm³/mol. The van der Waals surface area contributed by atoms with Crippen LogP contribution in [-0.2, 0) is 14.3 Å². The molecular formula is C12H19F2NO4. The Bertz CT molecular complexity index is 365. The molecule has 1 rings (SSSR count). The zero-order valence-electron chi connectivity index (χ0n) is 11.5. The molecule has 110 valence electrons. The van der Waals surface area contributed by atoms with Crippen molar-refractivity contribution in [3.63, 3.8) is 0 Å². The summed E-state index contributed by atoms with van der Waals surface area (Å²) in [5, 5.41) is 0. The third-order valence-corrected chi connectivity index (χ3v) is 2.54. The number of carbonyl (C=O) groups excluding carboxylic acids is 2. The van der Waals surface area contributed by atoms with Gasteiger partial charge in [-0.1, -0.05) is 0 Å². The number of likely N-dealkylation sites (tertiary alicyclic amines) is 1. The number of esters is 1. The molecule has 0 aromatic carbocycles. The van der Waals surface area contributed by atoms with Gasteiger partial charge in [-0.05, 0) is 27.7 Å². The number of hydrogen-bond acceptors (Lipinski definition) is 4. The van der Waals surface area contributed by atoms with E-state index >= 15 is 0 Å². The van der Waals surface area contributed by atoms with Crippen molar-refractivity contribution in [1.82, 2.24) is 4.90 Å². The predicted octanol–water partition coefficient (Wildman–Crippen LogP) is 2.05. The number of hydrogen-bond donors (Lipinski definition) is 0. The molecule has 0 unspecified atom stereocenters. The summed E-state index contributed by atoms with van der Waals surface area (Å²) in [6.45, 7) is 5.27. The molecule has 0 saturated carbocycles. The lowest BCUT2D eigenvalue weighted by Gasteiger charge is -2.24. The first-order valence-corrected chi connectivity index (χ1v) is 6.09. The van der Waals surface area contributed by atoms with Gasteiger partial charge in [-0.25, -0.2) is 13.6 Å². The Morgan fingerprint density at radius 1 is 1.37 bits per heavy atom. The molecule has 0 N–H and O–H groups in total. The molecule has 1 atom stereocenters. The van der Waals surface area contributed by atoms with E-state index in [1.165, 1.54) is 6.92 Å². The first-order chi connectivity index (χ1) is 8.57. The van der Waals surface area contributed by atoms with E-state index in [4.69, 9.17) is 4.74 Å². The Kier molecular flexibility index (Phi) is 4.37. The molecule has 19 heavy (non-hydrogen) atoms. The highest BCUT2D eigenvalue weighted by Gasteiger charge is 2.54. The van der Waals surface area contributed by atoms with E-state index in [0.717, 1.165) is 4.90 Å². The minimum absolute atomic E-state index is 0.0256. The molecule has 0 aliphatic carbocycles. The fourth-order valence-electron chi connectivity index (χ4n) is 1.74. The maximum absolute atomic E-state index is 13.7. The minimum atomic E-state index is -3.29. The van der Waals surface area contributed by atoms with Gasteiger partial charge in [0, 0.05) is 6.54 Å². The van der Waals surface area contributed by atoms with Gasteiger partial charge in [0.15, 0.2) is 0 Å². The summed E-state index contributed by atoms with van der Waals surface area (Å²) in [4.78, 5) is 24.0. The van der Waals surface area contributed by atoms with Gasteiger partial charge in [0.05, 0.1) is 13.2 Å². The minimum Gasteiger partial charge on any atom is -0.466 e. The molecule has 1 amide bonds. The average Bonchev–Trinajstić information content (AvgIpc) is 2.52. The van der Waals surface area contributed by atoms with Crippen LogP contribution in [-0.4, -0.2) is 48.2 Å². The second-order valence-electron chi connectivity index (χ2n) is 5.43. The third kappa shape index (κ3) is 4.04. The third-order valence-electron chi connectivity index (χ3n) is 2.54. The average molecular weight is 279 g/mol. The smallest absolute Gasteiger partial charge is 0.410 e. The summed E-state index contributed by atoms with van der Waals surface area (Å²) in [6, 6.07) is 0. The van der Waals surface area contributed by atoms with E-state index in [-0.39, 0.29) is 13.2 Å². The fraction of sp³-hybridized carbons (Fsp3) is 0.833. The Hall–Kier alpha value is -1.40. The first-order valence-electron chi connectivity index (χ1n) is 6.09. The Balaban J connectivity index is 2.72. The lowest BCUT2D eigenvalue weighted by Crippen LogP contribution is -2.36. The molecule has 7 heteroatoms. The van der Waals surface area contributed by atoms with E-state index in [0.29, 0.717) is 0 Å². The van der Waals surface area contributed by atoms with Crippen LogP contribution in [0.4, 0.5) is 13.6 Å². The number of ether oxygens (including phenoxy) is 2. The lowest BCUT2D eigenvalue weighted by molar-refractivity contribution is -0.157. The standard InChI is InChI=1S/C12H19F2NO4/c1-5-18-9(16)8-6-15(7-12(8,13)14)10(17)19-11(2,3)4/h8H,5-7H2,1-4H3/t8-/m0/s1. The highest BCUT2D eigenvalue weighted by atomic mass is 19.3. The van der Waals surface area contributed by atoms with Crippen molar-refractivity contribution in [3.8, 4) is 0 Å². The Labute approximate surface area is 110 Å². The van der Waals surface area contributed by atoms with Gasteiger partial charge >= 0.3 is 12.1 Å². The zero-order valence-corrected chi connectivity index (χ0v) is 11.5. The number of amides is 1. The molecule has 0 bridgehead atoms. The molecular weight excluding hydrogens is 260 g/mol. The van der Waals surface area contributed by atoms with Gasteiger partial charge in [-0.2, -0.15) is 0 Å². The van der Waals surface area contributed by atoms with Crippen LogP contribution in [0.15, 0.2) is 0 Å². The lowest BCUT2D eigenvalue weighted by atomic mass is 10.1. The van der Waals surface area contributed by atoms with Gasteiger partial charge in [-0.15, -0.1) is 0 Å². The van der Waals surface area contributed by atoms with E-state index in [1.807, 2.05) is 0 Å². The van der Waals surface area contributed by atoms with Crippen molar-refractivity contribution < 1.29 is 27.8 Å². The van der Waals surface area contributed by atoms with Crippen LogP contribution in [0, 0.1) is 5.92 Å². The molecule has 1 saturated heterocycles. The summed E-state index contributed by atoms with van der Waals surface area (Å²) in [6.07, 6.45) is -0.848. The van der Waals surface area contributed by atoms with Crippen LogP contribution in [0.2, 0.25) is 0 Å². The molecule has 0 aromatic heterocycles. The van der Waals surface area contributed by atoms with Gasteiger partial charge in [-0.3, -0.25) is 4.79 Å². The van der Waals surface area contributed by atoms with Crippen molar-refractivity contribution >= 4 is 12.1 Å². The van der Waals surface area contributed by atoms with Crippen LogP contribution in [0.25, 0.3) is 0 Å². The van der Waals surface area contributed by atoms with Crippen molar-refractivity contribution in [3.05, 3.63) is 0 Å². The quantitative estimate of drug-likeness (QED) is 0.726. The SMILES string of the molecule is CCOC(=O)[C@@H]1CN(C(=O)OC(C)(C)C)CC1(F)F. The monoisotopic (exact) mass is 279 g/mol. The van der Waals surface area contributed by atoms with Crippen molar-refractivity contribution in [2.75, 3.05) is 19.7 Å². The highest BCUT2D eigenvalue weighted by Crippen LogP contribution is 2.34. The van der Waals surface area contributed by atoms with Crippen LogP contribution in [0.5, 0.6) is 0 Å². The summed E-state index contributed by atoms with van der Waals surface area (Å²) in [5.41, 5.74) is -0.769. The van der Waals surface area contributed by atoms with Gasteiger partial charge in [0.1, 0.15) is 11.5 Å². The molecule has 1 heterocycles. The van der Waals surface area contributed by atoms with Crippen LogP contribution >= 0.6 is 0 Å². The summed E-state index contributed by atoms with van der Waals surface area (Å²) < 4.78 is 36.9. The van der Waals surface area contributed by atoms with E-state index < -0.39 is 36.0 Å². The largest absolute Gasteiger partial charge is 0.466 e. The molecule has 5 nitrogen and oxygen atoms in total. The second kappa shape index (κ2) is 5.30. The molecule has 0 radical (unpaired) electrons. The Morgan fingerprint density at radius 2 is 1.95 bits per heavy atom. The summed E-state index contributed by atoms with van der Waals surface area (Å²) in [5.74, 6) is -5.90. The van der Waals surface area contributed by atoms with Crippen LogP contribution < -0.4 is 0 Å². The molecule has 1 aliphatic rings. The number of nitrogens with zero attached hydrogens (tertiary/aromatic N) is 1. The maximum atomic E-state index is 13.7. The van der Waals surface area contributed by atoms with Crippen molar-refractivity contribution in [2.45, 2.75) is 39.2 Å². The van der Waals surface area contributed by atoms with Gasteiger partial charge < -0.3 is 14.4 Å². The number of rotatable bonds is 2. The van der Waals surface area contributed by atoms with E-state index in [1.54, 1.807) is 20.8 Å². The first kappa shape index (κ1) is 15.7.